The van der Waals surface area contributed by atoms with Crippen molar-refractivity contribution in [2.45, 2.75) is 6.92 Å². The van der Waals surface area contributed by atoms with Crippen LogP contribution in [0.3, 0.4) is 0 Å². The molecule has 0 spiro atoms. The molecule has 0 atom stereocenters. The lowest BCUT2D eigenvalue weighted by molar-refractivity contribution is 0.575. The molecule has 0 saturated carbocycles. The third kappa shape index (κ3) is 3.64. The van der Waals surface area contributed by atoms with Gasteiger partial charge in [-0.3, -0.25) is 9.78 Å². The van der Waals surface area contributed by atoms with Crippen LogP contribution in [0.25, 0.3) is 11.3 Å². The van der Waals surface area contributed by atoms with Crippen LogP contribution in [0, 0.1) is 6.92 Å². The summed E-state index contributed by atoms with van der Waals surface area (Å²) in [7, 11) is 0. The van der Waals surface area contributed by atoms with E-state index in [1.165, 1.54) is 6.21 Å². The summed E-state index contributed by atoms with van der Waals surface area (Å²) in [6, 6.07) is 8.59. The number of benzene rings is 1. The van der Waals surface area contributed by atoms with Crippen LogP contribution in [0.4, 0.5) is 5.95 Å². The topological polar surface area (TPSA) is 96.2 Å². The third-order valence-electron chi connectivity index (χ3n) is 3.04. The molecule has 122 valence electrons. The monoisotopic (exact) mass is 363 g/mol. The van der Waals surface area contributed by atoms with Gasteiger partial charge < -0.3 is 4.42 Å². The number of hydrazone groups is 1. The number of rotatable bonds is 4. The van der Waals surface area contributed by atoms with E-state index in [0.717, 1.165) is 0 Å². The predicted octanol–water partition coefficient (Wildman–Crippen LogP) is 3.49. The van der Waals surface area contributed by atoms with Crippen LogP contribution in [-0.2, 0) is 0 Å². The highest BCUT2D eigenvalue weighted by atomic mass is 35.5. The maximum absolute atomic E-state index is 11.4. The lowest BCUT2D eigenvalue weighted by atomic mass is 10.2. The molecule has 0 aliphatic rings. The van der Waals surface area contributed by atoms with Crippen LogP contribution in [0.1, 0.15) is 11.5 Å². The van der Waals surface area contributed by atoms with E-state index in [2.05, 4.69) is 25.7 Å². The Morgan fingerprint density at radius 2 is 2.08 bits per heavy atom. The van der Waals surface area contributed by atoms with Crippen molar-refractivity contribution in [3.63, 3.8) is 0 Å². The van der Waals surface area contributed by atoms with Crippen molar-refractivity contribution in [1.29, 1.82) is 0 Å². The van der Waals surface area contributed by atoms with Gasteiger partial charge in [0.2, 0.25) is 5.95 Å². The van der Waals surface area contributed by atoms with Gasteiger partial charge in [0.1, 0.15) is 17.2 Å². The van der Waals surface area contributed by atoms with Crippen LogP contribution >= 0.6 is 23.2 Å². The number of aryl methyl sites for hydroxylation is 1. The normalized spacial score (nSPS) is 11.1. The minimum atomic E-state index is -0.335. The van der Waals surface area contributed by atoms with Crippen LogP contribution in [0.5, 0.6) is 0 Å². The number of halogens is 2. The Morgan fingerprint density at radius 3 is 2.88 bits per heavy atom. The van der Waals surface area contributed by atoms with E-state index in [1.807, 2.05) is 0 Å². The summed E-state index contributed by atoms with van der Waals surface area (Å²) in [4.78, 5) is 13.9. The van der Waals surface area contributed by atoms with E-state index in [0.29, 0.717) is 27.1 Å². The van der Waals surface area contributed by atoms with E-state index >= 15 is 0 Å². The average molecular weight is 364 g/mol. The van der Waals surface area contributed by atoms with E-state index in [4.69, 9.17) is 27.6 Å². The highest BCUT2D eigenvalue weighted by molar-refractivity contribution is 6.35. The number of nitrogens with one attached hydrogen (secondary N) is 2. The largest absolute Gasteiger partial charge is 0.455 e. The molecule has 0 amide bonds. The minimum absolute atomic E-state index is 0.131. The molecule has 0 aliphatic carbocycles. The fourth-order valence-electron chi connectivity index (χ4n) is 1.85. The SMILES string of the molecule is Cc1nnc(N/N=C/c2ccc(-c3cc(Cl)ccc3Cl)o2)[nH]c1=O. The van der Waals surface area contributed by atoms with Crippen molar-refractivity contribution in [3.8, 4) is 11.3 Å². The zero-order chi connectivity index (χ0) is 17.1. The van der Waals surface area contributed by atoms with Crippen LogP contribution < -0.4 is 11.0 Å². The maximum Gasteiger partial charge on any atom is 0.274 e. The molecule has 7 nitrogen and oxygen atoms in total. The highest BCUT2D eigenvalue weighted by Gasteiger charge is 2.08. The van der Waals surface area contributed by atoms with Gasteiger partial charge in [0.25, 0.3) is 5.56 Å². The number of aromatic nitrogens is 3. The molecule has 1 aromatic carbocycles. The van der Waals surface area contributed by atoms with Gasteiger partial charge in [0.15, 0.2) is 0 Å². The summed E-state index contributed by atoms with van der Waals surface area (Å²) >= 11 is 12.1. The van der Waals surface area contributed by atoms with Crippen molar-refractivity contribution in [1.82, 2.24) is 15.2 Å². The summed E-state index contributed by atoms with van der Waals surface area (Å²) in [5.74, 6) is 1.18. The van der Waals surface area contributed by atoms with Crippen LogP contribution in [0.2, 0.25) is 10.0 Å². The molecule has 3 aromatic rings. The summed E-state index contributed by atoms with van der Waals surface area (Å²) in [6.45, 7) is 1.56. The zero-order valence-corrected chi connectivity index (χ0v) is 13.9. The van der Waals surface area contributed by atoms with Crippen molar-refractivity contribution in [2.75, 3.05) is 5.43 Å². The lowest BCUT2D eigenvalue weighted by Gasteiger charge is -2.01. The van der Waals surface area contributed by atoms with Gasteiger partial charge in [-0.1, -0.05) is 23.2 Å². The van der Waals surface area contributed by atoms with Crippen molar-refractivity contribution >= 4 is 35.4 Å². The van der Waals surface area contributed by atoms with Crippen molar-refractivity contribution in [2.24, 2.45) is 5.10 Å². The standard InChI is InChI=1S/C15H11Cl2N5O2/c1-8-14(23)19-15(22-20-8)21-18-7-10-3-5-13(24-10)11-6-9(16)2-4-12(11)17/h2-7H,1H3,(H2,19,21,22,23)/b18-7+. The first kappa shape index (κ1) is 16.2. The second-order valence-corrected chi connectivity index (χ2v) is 5.63. The van der Waals surface area contributed by atoms with Crippen molar-refractivity contribution < 1.29 is 4.42 Å². The van der Waals surface area contributed by atoms with Gasteiger partial charge in [-0.2, -0.15) is 5.10 Å². The molecule has 0 saturated heterocycles. The molecular formula is C15H11Cl2N5O2. The van der Waals surface area contributed by atoms with Gasteiger partial charge in [-0.05, 0) is 37.3 Å². The van der Waals surface area contributed by atoms with E-state index in [1.54, 1.807) is 37.3 Å². The van der Waals surface area contributed by atoms with E-state index in [-0.39, 0.29) is 17.2 Å². The molecule has 9 heteroatoms. The molecule has 3 rings (SSSR count). The Kier molecular flexibility index (Phi) is 4.64. The minimum Gasteiger partial charge on any atom is -0.455 e. The van der Waals surface area contributed by atoms with Gasteiger partial charge >= 0.3 is 0 Å². The molecule has 2 heterocycles. The van der Waals surface area contributed by atoms with Gasteiger partial charge in [0, 0.05) is 10.6 Å². The average Bonchev–Trinajstić information content (AvgIpc) is 3.02. The second kappa shape index (κ2) is 6.86. The molecule has 0 radical (unpaired) electrons. The molecule has 2 N–H and O–H groups in total. The first-order chi connectivity index (χ1) is 11.5. The highest BCUT2D eigenvalue weighted by Crippen LogP contribution is 2.31. The second-order valence-electron chi connectivity index (χ2n) is 4.78. The third-order valence-corrected chi connectivity index (χ3v) is 3.61. The number of hydrogen-bond donors (Lipinski definition) is 2. The maximum atomic E-state index is 11.4. The number of nitrogens with zero attached hydrogens (tertiary/aromatic N) is 3. The number of anilines is 1. The number of furan rings is 1. The number of H-pyrrole nitrogens is 1. The zero-order valence-electron chi connectivity index (χ0n) is 12.4. The number of hydrogen-bond acceptors (Lipinski definition) is 6. The van der Waals surface area contributed by atoms with E-state index < -0.39 is 0 Å². The van der Waals surface area contributed by atoms with Gasteiger partial charge in [0.05, 0.1) is 11.2 Å². The van der Waals surface area contributed by atoms with Crippen LogP contribution in [-0.4, -0.2) is 21.4 Å². The Bertz CT molecular complexity index is 964. The summed E-state index contributed by atoms with van der Waals surface area (Å²) in [6.07, 6.45) is 1.43. The summed E-state index contributed by atoms with van der Waals surface area (Å²) in [5.41, 5.74) is 3.19. The fourth-order valence-corrected chi connectivity index (χ4v) is 2.24. The molecular weight excluding hydrogens is 353 g/mol. The Morgan fingerprint density at radius 1 is 1.25 bits per heavy atom. The predicted molar refractivity (Wildman–Crippen MR) is 92.8 cm³/mol. The lowest BCUT2D eigenvalue weighted by Crippen LogP contribution is -2.15. The van der Waals surface area contributed by atoms with Crippen molar-refractivity contribution in [3.05, 3.63) is 62.2 Å². The Labute approximate surface area is 146 Å². The first-order valence-electron chi connectivity index (χ1n) is 6.81. The van der Waals surface area contributed by atoms with E-state index in [9.17, 15) is 4.79 Å². The molecule has 0 unspecified atom stereocenters. The van der Waals surface area contributed by atoms with Gasteiger partial charge in [-0.25, -0.2) is 5.43 Å². The quantitative estimate of drug-likeness (QED) is 0.546. The first-order valence-corrected chi connectivity index (χ1v) is 7.56. The summed E-state index contributed by atoms with van der Waals surface area (Å²) < 4.78 is 5.65. The number of aromatic amines is 1. The molecule has 0 fully saturated rings. The fraction of sp³-hybridized carbons (Fsp3) is 0.0667. The molecule has 0 bridgehead atoms. The summed E-state index contributed by atoms with van der Waals surface area (Å²) in [5, 5.41) is 12.5. The Hall–Kier alpha value is -2.64. The molecule has 0 aliphatic heterocycles. The smallest absolute Gasteiger partial charge is 0.274 e. The molecule has 24 heavy (non-hydrogen) atoms. The molecule has 2 aromatic heterocycles. The Balaban J connectivity index is 1.75. The van der Waals surface area contributed by atoms with Crippen LogP contribution in [0.15, 0.2) is 44.6 Å². The van der Waals surface area contributed by atoms with Gasteiger partial charge in [-0.15, -0.1) is 10.2 Å².